The van der Waals surface area contributed by atoms with Crippen LogP contribution in [-0.4, -0.2) is 18.5 Å². The maximum Gasteiger partial charge on any atom is 0.227 e. The first-order chi connectivity index (χ1) is 10.2. The molecule has 3 heteroatoms. The summed E-state index contributed by atoms with van der Waals surface area (Å²) in [4.78, 5) is 12.4. The van der Waals surface area contributed by atoms with Crippen molar-refractivity contribution < 1.29 is 4.79 Å². The molecule has 0 spiro atoms. The maximum absolute atomic E-state index is 12.4. The molecule has 1 saturated carbocycles. The lowest BCUT2D eigenvalue weighted by atomic mass is 9.96. The van der Waals surface area contributed by atoms with E-state index in [1.807, 2.05) is 25.1 Å². The fourth-order valence-corrected chi connectivity index (χ4v) is 2.80. The molecule has 3 N–H and O–H groups in total. The molecule has 1 amide bonds. The Kier molecular flexibility index (Phi) is 3.93. The number of hydrogen-bond acceptors (Lipinski definition) is 2. The highest BCUT2D eigenvalue weighted by molar-refractivity contribution is 5.87. The molecule has 21 heavy (non-hydrogen) atoms. The summed E-state index contributed by atoms with van der Waals surface area (Å²) < 4.78 is 0. The van der Waals surface area contributed by atoms with E-state index in [-0.39, 0.29) is 17.9 Å². The van der Waals surface area contributed by atoms with Crippen LogP contribution in [-0.2, 0) is 4.79 Å². The minimum absolute atomic E-state index is 0.0765. The van der Waals surface area contributed by atoms with Gasteiger partial charge in [0.1, 0.15) is 0 Å². The van der Waals surface area contributed by atoms with Crippen molar-refractivity contribution >= 4 is 16.7 Å². The van der Waals surface area contributed by atoms with Crippen molar-refractivity contribution in [3.8, 4) is 0 Å². The number of hydrogen-bond donors (Lipinski definition) is 2. The number of nitrogens with one attached hydrogen (secondary N) is 1. The van der Waals surface area contributed by atoms with Gasteiger partial charge in [0.15, 0.2) is 0 Å². The molecule has 0 radical (unpaired) electrons. The SMILES string of the molecule is CC(C(=O)NC(CN)C1CC1)c1ccc2ccccc2c1. The van der Waals surface area contributed by atoms with Gasteiger partial charge in [-0.2, -0.15) is 0 Å². The van der Waals surface area contributed by atoms with Gasteiger partial charge in [0, 0.05) is 12.6 Å². The highest BCUT2D eigenvalue weighted by Crippen LogP contribution is 2.32. The van der Waals surface area contributed by atoms with Crippen LogP contribution in [0.25, 0.3) is 10.8 Å². The topological polar surface area (TPSA) is 55.1 Å². The van der Waals surface area contributed by atoms with Crippen molar-refractivity contribution in [1.29, 1.82) is 0 Å². The van der Waals surface area contributed by atoms with Crippen molar-refractivity contribution in [2.75, 3.05) is 6.54 Å². The van der Waals surface area contributed by atoms with Gasteiger partial charge in [-0.05, 0) is 42.0 Å². The van der Waals surface area contributed by atoms with Gasteiger partial charge in [0.2, 0.25) is 5.91 Å². The highest BCUT2D eigenvalue weighted by atomic mass is 16.1. The molecule has 1 aliphatic rings. The first-order valence-electron chi connectivity index (χ1n) is 7.68. The predicted molar refractivity (Wildman–Crippen MR) is 86.1 cm³/mol. The van der Waals surface area contributed by atoms with E-state index in [2.05, 4.69) is 29.6 Å². The average molecular weight is 282 g/mol. The number of fused-ring (bicyclic) bond motifs is 1. The second-order valence-corrected chi connectivity index (χ2v) is 6.02. The summed E-state index contributed by atoms with van der Waals surface area (Å²) in [6, 6.07) is 14.6. The lowest BCUT2D eigenvalue weighted by Crippen LogP contribution is -2.43. The van der Waals surface area contributed by atoms with Gasteiger partial charge in [0.25, 0.3) is 0 Å². The number of amides is 1. The predicted octanol–water partition coefficient (Wildman–Crippen LogP) is 2.80. The van der Waals surface area contributed by atoms with E-state index in [1.54, 1.807) is 0 Å². The summed E-state index contributed by atoms with van der Waals surface area (Å²) in [7, 11) is 0. The molecular formula is C18H22N2O. The van der Waals surface area contributed by atoms with E-state index < -0.39 is 0 Å². The third-order valence-corrected chi connectivity index (χ3v) is 4.44. The molecule has 0 aliphatic heterocycles. The van der Waals surface area contributed by atoms with Crippen LogP contribution < -0.4 is 11.1 Å². The summed E-state index contributed by atoms with van der Waals surface area (Å²) in [6.07, 6.45) is 2.37. The monoisotopic (exact) mass is 282 g/mol. The molecule has 0 heterocycles. The molecule has 1 aliphatic carbocycles. The standard InChI is InChI=1S/C18H22N2O/c1-12(18(21)20-17(11-19)14-7-8-14)15-9-6-13-4-2-3-5-16(13)10-15/h2-6,9-10,12,14,17H,7-8,11,19H2,1H3,(H,20,21). The summed E-state index contributed by atoms with van der Waals surface area (Å²) in [5, 5.41) is 5.48. The fourth-order valence-electron chi connectivity index (χ4n) is 2.80. The number of rotatable bonds is 5. The lowest BCUT2D eigenvalue weighted by molar-refractivity contribution is -0.123. The normalized spacial score (nSPS) is 17.4. The minimum atomic E-state index is -0.151. The van der Waals surface area contributed by atoms with Crippen LogP contribution >= 0.6 is 0 Å². The van der Waals surface area contributed by atoms with Crippen LogP contribution in [0.4, 0.5) is 0 Å². The minimum Gasteiger partial charge on any atom is -0.351 e. The molecule has 2 atom stereocenters. The van der Waals surface area contributed by atoms with Gasteiger partial charge in [-0.1, -0.05) is 42.5 Å². The van der Waals surface area contributed by atoms with Gasteiger partial charge >= 0.3 is 0 Å². The Labute approximate surface area is 125 Å². The number of benzene rings is 2. The maximum atomic E-state index is 12.4. The third-order valence-electron chi connectivity index (χ3n) is 4.44. The van der Waals surface area contributed by atoms with Gasteiger partial charge in [-0.15, -0.1) is 0 Å². The van der Waals surface area contributed by atoms with Gasteiger partial charge < -0.3 is 11.1 Å². The summed E-state index contributed by atoms with van der Waals surface area (Å²) in [6.45, 7) is 2.49. The van der Waals surface area contributed by atoms with Crippen molar-refractivity contribution in [3.05, 3.63) is 48.0 Å². The molecular weight excluding hydrogens is 260 g/mol. The lowest BCUT2D eigenvalue weighted by Gasteiger charge is -2.19. The zero-order valence-corrected chi connectivity index (χ0v) is 12.4. The summed E-state index contributed by atoms with van der Waals surface area (Å²) in [5.74, 6) is 0.512. The van der Waals surface area contributed by atoms with Crippen molar-refractivity contribution in [2.24, 2.45) is 11.7 Å². The average Bonchev–Trinajstić information content (AvgIpc) is 3.36. The van der Waals surface area contributed by atoms with E-state index in [4.69, 9.17) is 5.73 Å². The number of carbonyl (C=O) groups is 1. The van der Waals surface area contributed by atoms with E-state index in [0.717, 1.165) is 5.56 Å². The number of carbonyl (C=O) groups excluding carboxylic acids is 1. The van der Waals surface area contributed by atoms with Crippen molar-refractivity contribution in [2.45, 2.75) is 31.7 Å². The molecule has 0 saturated heterocycles. The fraction of sp³-hybridized carbons (Fsp3) is 0.389. The van der Waals surface area contributed by atoms with E-state index >= 15 is 0 Å². The zero-order valence-electron chi connectivity index (χ0n) is 12.4. The first kappa shape index (κ1) is 14.1. The van der Waals surface area contributed by atoms with Crippen molar-refractivity contribution in [3.63, 3.8) is 0 Å². The number of nitrogens with two attached hydrogens (primary N) is 1. The highest BCUT2D eigenvalue weighted by Gasteiger charge is 2.32. The second-order valence-electron chi connectivity index (χ2n) is 6.02. The molecule has 110 valence electrons. The Hall–Kier alpha value is -1.87. The Morgan fingerprint density at radius 1 is 1.24 bits per heavy atom. The zero-order chi connectivity index (χ0) is 14.8. The largest absolute Gasteiger partial charge is 0.351 e. The summed E-state index contributed by atoms with van der Waals surface area (Å²) >= 11 is 0. The molecule has 2 aromatic rings. The van der Waals surface area contributed by atoms with E-state index in [0.29, 0.717) is 12.5 Å². The first-order valence-corrected chi connectivity index (χ1v) is 7.68. The van der Waals surface area contributed by atoms with Crippen LogP contribution in [0.3, 0.4) is 0 Å². The van der Waals surface area contributed by atoms with Gasteiger partial charge in [-0.3, -0.25) is 4.79 Å². The smallest absolute Gasteiger partial charge is 0.227 e. The third kappa shape index (κ3) is 3.08. The molecule has 2 unspecified atom stereocenters. The van der Waals surface area contributed by atoms with Crippen LogP contribution in [0.1, 0.15) is 31.2 Å². The van der Waals surface area contributed by atoms with E-state index in [9.17, 15) is 4.79 Å². The molecule has 3 nitrogen and oxygen atoms in total. The van der Waals surface area contributed by atoms with Gasteiger partial charge in [0.05, 0.1) is 5.92 Å². The molecule has 3 rings (SSSR count). The van der Waals surface area contributed by atoms with Crippen molar-refractivity contribution in [1.82, 2.24) is 5.32 Å². The molecule has 0 aromatic heterocycles. The second kappa shape index (κ2) is 5.86. The Morgan fingerprint density at radius 3 is 2.62 bits per heavy atom. The van der Waals surface area contributed by atoms with Crippen LogP contribution in [0.2, 0.25) is 0 Å². The Morgan fingerprint density at radius 2 is 1.95 bits per heavy atom. The molecule has 2 aromatic carbocycles. The molecule has 0 bridgehead atoms. The quantitative estimate of drug-likeness (QED) is 0.886. The van der Waals surface area contributed by atoms with Crippen LogP contribution in [0, 0.1) is 5.92 Å². The molecule has 1 fully saturated rings. The summed E-state index contributed by atoms with van der Waals surface area (Å²) in [5.41, 5.74) is 6.81. The van der Waals surface area contributed by atoms with Gasteiger partial charge in [-0.25, -0.2) is 0 Å². The Bertz CT molecular complexity index is 648. The van der Waals surface area contributed by atoms with E-state index in [1.165, 1.54) is 23.6 Å². The van der Waals surface area contributed by atoms with Crippen LogP contribution in [0.15, 0.2) is 42.5 Å². The van der Waals surface area contributed by atoms with Crippen LogP contribution in [0.5, 0.6) is 0 Å². The Balaban J connectivity index is 1.75.